The molecule has 0 radical (unpaired) electrons. The summed E-state index contributed by atoms with van der Waals surface area (Å²) < 4.78 is 2.99. The molecule has 0 saturated carbocycles. The van der Waals surface area contributed by atoms with Gasteiger partial charge in [0.1, 0.15) is 0 Å². The number of aliphatic carboxylic acids is 1. The van der Waals surface area contributed by atoms with Crippen molar-refractivity contribution in [2.45, 2.75) is 33.4 Å². The number of fused-ring (bicyclic) bond motifs is 1. The highest BCUT2D eigenvalue weighted by Crippen LogP contribution is 2.15. The maximum Gasteiger partial charge on any atom is 0.330 e. The third kappa shape index (κ3) is 2.67. The zero-order valence-electron chi connectivity index (χ0n) is 11.8. The lowest BCUT2D eigenvalue weighted by Crippen LogP contribution is -2.30. The highest BCUT2D eigenvalue weighted by Gasteiger charge is 2.16. The average molecular weight is 295 g/mol. The second-order valence-corrected chi connectivity index (χ2v) is 4.43. The van der Waals surface area contributed by atoms with E-state index >= 15 is 0 Å². The van der Waals surface area contributed by atoms with Crippen molar-refractivity contribution in [2.24, 2.45) is 0 Å². The Bertz CT molecular complexity index is 785. The van der Waals surface area contributed by atoms with Crippen LogP contribution in [0.2, 0.25) is 0 Å². The minimum Gasteiger partial charge on any atom is -0.481 e. The summed E-state index contributed by atoms with van der Waals surface area (Å²) >= 11 is 0. The Morgan fingerprint density at radius 1 is 1.29 bits per heavy atom. The summed E-state index contributed by atoms with van der Waals surface area (Å²) in [5, 5.41) is 11.5. The minimum absolute atomic E-state index is 0.0656. The molecule has 114 valence electrons. The second kappa shape index (κ2) is 5.81. The molecule has 0 unspecified atom stereocenters. The Kier molecular flexibility index (Phi) is 4.10. The Morgan fingerprint density at radius 2 is 1.95 bits per heavy atom. The van der Waals surface area contributed by atoms with Crippen molar-refractivity contribution < 1.29 is 9.90 Å². The van der Waals surface area contributed by atoms with Crippen LogP contribution >= 0.6 is 0 Å². The number of nitrogens with one attached hydrogen (secondary N) is 2. The molecular weight excluding hydrogens is 278 g/mol. The standard InChI is InChI=1S/C12H17N5O4/c1-3-16-8-9(14-11(16)13-6-5-7(18)19)17(4-2)12(21)15-10(8)20/h3-6H2,1-2H3,(H,13,14)(H,18,19)(H,15,20,21). The van der Waals surface area contributed by atoms with Crippen molar-refractivity contribution in [2.75, 3.05) is 11.9 Å². The molecule has 9 nitrogen and oxygen atoms in total. The lowest BCUT2D eigenvalue weighted by atomic mass is 10.4. The topological polar surface area (TPSA) is 122 Å². The third-order valence-electron chi connectivity index (χ3n) is 3.14. The summed E-state index contributed by atoms with van der Waals surface area (Å²) in [4.78, 5) is 40.8. The van der Waals surface area contributed by atoms with Gasteiger partial charge in [0.2, 0.25) is 5.95 Å². The van der Waals surface area contributed by atoms with E-state index in [1.54, 1.807) is 11.5 Å². The van der Waals surface area contributed by atoms with Crippen LogP contribution in [0.3, 0.4) is 0 Å². The fraction of sp³-hybridized carbons (Fsp3) is 0.500. The number of aromatic nitrogens is 4. The van der Waals surface area contributed by atoms with Crippen molar-refractivity contribution >= 4 is 23.1 Å². The lowest BCUT2D eigenvalue weighted by molar-refractivity contribution is -0.136. The van der Waals surface area contributed by atoms with E-state index in [4.69, 9.17) is 5.11 Å². The number of aromatic amines is 1. The first kappa shape index (κ1) is 14.8. The normalized spacial score (nSPS) is 11.0. The van der Waals surface area contributed by atoms with Gasteiger partial charge >= 0.3 is 11.7 Å². The molecular formula is C12H17N5O4. The van der Waals surface area contributed by atoms with Gasteiger partial charge < -0.3 is 15.0 Å². The van der Waals surface area contributed by atoms with Crippen LogP contribution in [-0.2, 0) is 17.9 Å². The van der Waals surface area contributed by atoms with E-state index in [1.807, 2.05) is 6.92 Å². The molecule has 2 rings (SSSR count). The van der Waals surface area contributed by atoms with Gasteiger partial charge in [-0.05, 0) is 13.8 Å². The number of aryl methyl sites for hydroxylation is 2. The number of carboxylic acids is 1. The quantitative estimate of drug-likeness (QED) is 0.679. The molecule has 0 aliphatic carbocycles. The summed E-state index contributed by atoms with van der Waals surface area (Å²) in [6.07, 6.45) is -0.0656. The predicted molar refractivity (Wildman–Crippen MR) is 76.7 cm³/mol. The van der Waals surface area contributed by atoms with Crippen molar-refractivity contribution in [3.05, 3.63) is 20.8 Å². The summed E-state index contributed by atoms with van der Waals surface area (Å²) in [6, 6.07) is 0. The molecule has 0 spiro atoms. The number of carbonyl (C=O) groups is 1. The highest BCUT2D eigenvalue weighted by atomic mass is 16.4. The van der Waals surface area contributed by atoms with Crippen molar-refractivity contribution in [1.29, 1.82) is 0 Å². The number of carboxylic acid groups (broad SMARTS) is 1. The Labute approximate surface area is 119 Å². The smallest absolute Gasteiger partial charge is 0.330 e. The molecule has 0 aliphatic heterocycles. The lowest BCUT2D eigenvalue weighted by Gasteiger charge is -2.06. The Balaban J connectivity index is 2.57. The molecule has 2 aromatic rings. The third-order valence-corrected chi connectivity index (χ3v) is 3.14. The van der Waals surface area contributed by atoms with E-state index < -0.39 is 17.2 Å². The number of hydrogen-bond donors (Lipinski definition) is 3. The number of imidazole rings is 1. The van der Waals surface area contributed by atoms with Gasteiger partial charge in [0.05, 0.1) is 6.42 Å². The monoisotopic (exact) mass is 295 g/mol. The van der Waals surface area contributed by atoms with Gasteiger partial charge in [-0.25, -0.2) is 4.79 Å². The molecule has 0 aromatic carbocycles. The number of anilines is 1. The number of rotatable bonds is 6. The van der Waals surface area contributed by atoms with Crippen LogP contribution in [0.5, 0.6) is 0 Å². The molecule has 2 aromatic heterocycles. The molecule has 21 heavy (non-hydrogen) atoms. The van der Waals surface area contributed by atoms with Gasteiger partial charge in [-0.3, -0.25) is 19.1 Å². The summed E-state index contributed by atoms with van der Waals surface area (Å²) in [5.41, 5.74) is -0.407. The first-order chi connectivity index (χ1) is 9.99. The molecule has 3 N–H and O–H groups in total. The van der Waals surface area contributed by atoms with Crippen LogP contribution in [0.15, 0.2) is 9.59 Å². The van der Waals surface area contributed by atoms with E-state index in [-0.39, 0.29) is 13.0 Å². The second-order valence-electron chi connectivity index (χ2n) is 4.43. The number of nitrogens with zero attached hydrogens (tertiary/aromatic N) is 3. The maximum absolute atomic E-state index is 12.0. The van der Waals surface area contributed by atoms with Gasteiger partial charge in [-0.2, -0.15) is 4.98 Å². The summed E-state index contributed by atoms with van der Waals surface area (Å²) in [6.45, 7) is 4.65. The summed E-state index contributed by atoms with van der Waals surface area (Å²) in [5.74, 6) is -0.544. The zero-order chi connectivity index (χ0) is 15.6. The average Bonchev–Trinajstić information content (AvgIpc) is 2.77. The molecule has 2 heterocycles. The Hall–Kier alpha value is -2.58. The van der Waals surface area contributed by atoms with Gasteiger partial charge in [-0.1, -0.05) is 0 Å². The van der Waals surface area contributed by atoms with Crippen LogP contribution in [0, 0.1) is 0 Å². The van der Waals surface area contributed by atoms with E-state index in [9.17, 15) is 14.4 Å². The van der Waals surface area contributed by atoms with Crippen LogP contribution in [0.4, 0.5) is 5.95 Å². The SMILES string of the molecule is CCn1c(NCCC(=O)O)nc2c1c(=O)[nH]c(=O)n2CC. The van der Waals surface area contributed by atoms with E-state index in [0.29, 0.717) is 30.2 Å². The molecule has 0 atom stereocenters. The molecule has 0 amide bonds. The molecule has 0 bridgehead atoms. The van der Waals surface area contributed by atoms with Crippen LogP contribution in [0.1, 0.15) is 20.3 Å². The van der Waals surface area contributed by atoms with Crippen LogP contribution < -0.4 is 16.6 Å². The predicted octanol–water partition coefficient (Wildman–Crippen LogP) is -0.187. The van der Waals surface area contributed by atoms with Crippen LogP contribution in [-0.4, -0.2) is 36.7 Å². The van der Waals surface area contributed by atoms with E-state index in [0.717, 1.165) is 0 Å². The first-order valence-corrected chi connectivity index (χ1v) is 6.68. The van der Waals surface area contributed by atoms with Gasteiger partial charge in [0.15, 0.2) is 11.2 Å². The molecule has 0 aliphatic rings. The number of hydrogen-bond acceptors (Lipinski definition) is 5. The Morgan fingerprint density at radius 3 is 2.52 bits per heavy atom. The molecule has 0 saturated heterocycles. The minimum atomic E-state index is -0.926. The highest BCUT2D eigenvalue weighted by molar-refractivity contribution is 5.74. The van der Waals surface area contributed by atoms with Crippen molar-refractivity contribution in [3.8, 4) is 0 Å². The largest absolute Gasteiger partial charge is 0.481 e. The molecule has 0 fully saturated rings. The van der Waals surface area contributed by atoms with Gasteiger partial charge in [0, 0.05) is 19.6 Å². The number of H-pyrrole nitrogens is 1. The van der Waals surface area contributed by atoms with E-state index in [1.165, 1.54) is 4.57 Å². The van der Waals surface area contributed by atoms with Crippen LogP contribution in [0.25, 0.3) is 11.2 Å². The van der Waals surface area contributed by atoms with Gasteiger partial charge in [-0.15, -0.1) is 0 Å². The summed E-state index contributed by atoms with van der Waals surface area (Å²) in [7, 11) is 0. The maximum atomic E-state index is 12.0. The fourth-order valence-corrected chi connectivity index (χ4v) is 2.19. The molecule has 9 heteroatoms. The van der Waals surface area contributed by atoms with E-state index in [2.05, 4.69) is 15.3 Å². The van der Waals surface area contributed by atoms with Crippen molar-refractivity contribution in [1.82, 2.24) is 19.1 Å². The zero-order valence-corrected chi connectivity index (χ0v) is 11.8. The van der Waals surface area contributed by atoms with Gasteiger partial charge in [0.25, 0.3) is 5.56 Å². The first-order valence-electron chi connectivity index (χ1n) is 6.68. The fourth-order valence-electron chi connectivity index (χ4n) is 2.19. The van der Waals surface area contributed by atoms with Crippen molar-refractivity contribution in [3.63, 3.8) is 0 Å².